The number of rotatable bonds is 4. The lowest BCUT2D eigenvalue weighted by atomic mass is 10.2. The Balaban J connectivity index is 2.41. The number of alkyl halides is 3. The molecule has 1 rings (SSSR count). The van der Waals surface area contributed by atoms with E-state index in [1.54, 1.807) is 19.1 Å². The van der Waals surface area contributed by atoms with Crippen molar-refractivity contribution in [3.63, 3.8) is 0 Å². The van der Waals surface area contributed by atoms with Crippen molar-refractivity contribution in [3.8, 4) is 11.5 Å². The van der Waals surface area contributed by atoms with Crippen molar-refractivity contribution >= 4 is 0 Å². The number of aromatic hydroxyl groups is 1. The molecule has 1 N–H and O–H groups in total. The Labute approximate surface area is 90.4 Å². The fourth-order valence-electron chi connectivity index (χ4n) is 1.07. The second kappa shape index (κ2) is 5.07. The lowest BCUT2D eigenvalue weighted by Gasteiger charge is -2.11. The molecule has 0 atom stereocenters. The van der Waals surface area contributed by atoms with E-state index in [0.29, 0.717) is 11.3 Å². The Morgan fingerprint density at radius 2 is 1.94 bits per heavy atom. The standard InChI is InChI=1S/C10H11F3O3/c1-7-8(14)3-2-4-9(7)15-5-6-16-10(11,12)13/h2-4,14H,5-6H2,1H3. The van der Waals surface area contributed by atoms with Crippen LogP contribution in [0.15, 0.2) is 18.2 Å². The second-order valence-electron chi connectivity index (χ2n) is 3.04. The summed E-state index contributed by atoms with van der Waals surface area (Å²) in [5.74, 6) is 0.375. The average molecular weight is 236 g/mol. The van der Waals surface area contributed by atoms with Crippen LogP contribution in [-0.4, -0.2) is 24.7 Å². The molecular weight excluding hydrogens is 225 g/mol. The molecule has 0 amide bonds. The lowest BCUT2D eigenvalue weighted by molar-refractivity contribution is -0.325. The SMILES string of the molecule is Cc1c(O)cccc1OCCOC(F)(F)F. The summed E-state index contributed by atoms with van der Waals surface area (Å²) >= 11 is 0. The second-order valence-corrected chi connectivity index (χ2v) is 3.04. The molecule has 0 aliphatic heterocycles. The van der Waals surface area contributed by atoms with Crippen LogP contribution in [0.25, 0.3) is 0 Å². The molecule has 0 radical (unpaired) electrons. The summed E-state index contributed by atoms with van der Waals surface area (Å²) in [6.45, 7) is 0.789. The van der Waals surface area contributed by atoms with Crippen molar-refractivity contribution < 1.29 is 27.8 Å². The third-order valence-corrected chi connectivity index (χ3v) is 1.86. The van der Waals surface area contributed by atoms with Crippen LogP contribution in [0.3, 0.4) is 0 Å². The van der Waals surface area contributed by atoms with Gasteiger partial charge in [-0.15, -0.1) is 13.2 Å². The molecule has 0 saturated heterocycles. The van der Waals surface area contributed by atoms with E-state index in [4.69, 9.17) is 4.74 Å². The Kier molecular flexibility index (Phi) is 4.00. The number of hydrogen-bond acceptors (Lipinski definition) is 3. The van der Waals surface area contributed by atoms with Crippen molar-refractivity contribution in [1.82, 2.24) is 0 Å². The van der Waals surface area contributed by atoms with Crippen molar-refractivity contribution in [2.45, 2.75) is 13.3 Å². The van der Waals surface area contributed by atoms with Gasteiger partial charge in [0, 0.05) is 5.56 Å². The maximum Gasteiger partial charge on any atom is 0.522 e. The first-order valence-corrected chi connectivity index (χ1v) is 4.52. The van der Waals surface area contributed by atoms with Gasteiger partial charge >= 0.3 is 6.36 Å². The summed E-state index contributed by atoms with van der Waals surface area (Å²) < 4.78 is 43.4. The molecule has 0 spiro atoms. The monoisotopic (exact) mass is 236 g/mol. The van der Waals surface area contributed by atoms with E-state index >= 15 is 0 Å². The quantitative estimate of drug-likeness (QED) is 0.816. The van der Waals surface area contributed by atoms with Gasteiger partial charge in [0.05, 0.1) is 6.61 Å². The molecule has 0 aliphatic carbocycles. The van der Waals surface area contributed by atoms with Crippen LogP contribution in [0.1, 0.15) is 5.56 Å². The molecule has 0 saturated carbocycles. The minimum Gasteiger partial charge on any atom is -0.508 e. The Morgan fingerprint density at radius 1 is 1.25 bits per heavy atom. The lowest BCUT2D eigenvalue weighted by Crippen LogP contribution is -2.18. The normalized spacial score (nSPS) is 11.5. The number of ether oxygens (including phenoxy) is 2. The highest BCUT2D eigenvalue weighted by Gasteiger charge is 2.28. The summed E-state index contributed by atoms with van der Waals surface area (Å²) in [5.41, 5.74) is 0.481. The van der Waals surface area contributed by atoms with Gasteiger partial charge in [-0.3, -0.25) is 4.74 Å². The maximum absolute atomic E-state index is 11.6. The van der Waals surface area contributed by atoms with Crippen LogP contribution in [0.4, 0.5) is 13.2 Å². The van der Waals surface area contributed by atoms with Crippen LogP contribution in [0.5, 0.6) is 11.5 Å². The van der Waals surface area contributed by atoms with Gasteiger partial charge in [-0.1, -0.05) is 6.07 Å². The molecule has 3 nitrogen and oxygen atoms in total. The first-order chi connectivity index (χ1) is 7.40. The van der Waals surface area contributed by atoms with E-state index in [1.807, 2.05) is 0 Å². The van der Waals surface area contributed by atoms with E-state index in [1.165, 1.54) is 6.07 Å². The smallest absolute Gasteiger partial charge is 0.508 e. The Bertz CT molecular complexity index is 350. The molecule has 90 valence electrons. The summed E-state index contributed by atoms with van der Waals surface area (Å²) in [6.07, 6.45) is -4.64. The van der Waals surface area contributed by atoms with Crippen LogP contribution in [0, 0.1) is 6.92 Å². The highest BCUT2D eigenvalue weighted by atomic mass is 19.4. The number of phenolic OH excluding ortho intramolecular Hbond substituents is 1. The van der Waals surface area contributed by atoms with Gasteiger partial charge < -0.3 is 9.84 Å². The molecule has 16 heavy (non-hydrogen) atoms. The van der Waals surface area contributed by atoms with Crippen LogP contribution >= 0.6 is 0 Å². The summed E-state index contributed by atoms with van der Waals surface area (Å²) in [5, 5.41) is 9.29. The highest BCUT2D eigenvalue weighted by Crippen LogP contribution is 2.26. The summed E-state index contributed by atoms with van der Waals surface area (Å²) in [7, 11) is 0. The van der Waals surface area contributed by atoms with Crippen LogP contribution in [0.2, 0.25) is 0 Å². The minimum absolute atomic E-state index is 0.0363. The third-order valence-electron chi connectivity index (χ3n) is 1.86. The van der Waals surface area contributed by atoms with Crippen molar-refractivity contribution in [1.29, 1.82) is 0 Å². The van der Waals surface area contributed by atoms with Crippen LogP contribution < -0.4 is 4.74 Å². The molecule has 0 bridgehead atoms. The molecule has 1 aromatic carbocycles. The number of phenols is 1. The topological polar surface area (TPSA) is 38.7 Å². The van der Waals surface area contributed by atoms with E-state index in [9.17, 15) is 18.3 Å². The molecule has 0 unspecified atom stereocenters. The van der Waals surface area contributed by atoms with Gasteiger partial charge in [-0.25, -0.2) is 0 Å². The zero-order valence-corrected chi connectivity index (χ0v) is 8.54. The first-order valence-electron chi connectivity index (χ1n) is 4.52. The van der Waals surface area contributed by atoms with Crippen LogP contribution in [-0.2, 0) is 4.74 Å². The number of halogens is 3. The van der Waals surface area contributed by atoms with Gasteiger partial charge in [0.15, 0.2) is 0 Å². The summed E-state index contributed by atoms with van der Waals surface area (Å²) in [6, 6.07) is 4.57. The highest BCUT2D eigenvalue weighted by molar-refractivity contribution is 5.42. The molecular formula is C10H11F3O3. The van der Waals surface area contributed by atoms with Gasteiger partial charge in [-0.2, -0.15) is 0 Å². The predicted molar refractivity (Wildman–Crippen MR) is 50.3 cm³/mol. The zero-order valence-electron chi connectivity index (χ0n) is 8.54. The number of benzene rings is 1. The van der Waals surface area contributed by atoms with Gasteiger partial charge in [0.1, 0.15) is 18.1 Å². The molecule has 0 heterocycles. The van der Waals surface area contributed by atoms with E-state index in [2.05, 4.69) is 4.74 Å². The first kappa shape index (κ1) is 12.6. The molecule has 1 aromatic rings. The number of hydrogen-bond donors (Lipinski definition) is 1. The van der Waals surface area contributed by atoms with E-state index in [0.717, 1.165) is 0 Å². The van der Waals surface area contributed by atoms with E-state index < -0.39 is 13.0 Å². The summed E-state index contributed by atoms with van der Waals surface area (Å²) in [4.78, 5) is 0. The Morgan fingerprint density at radius 3 is 2.56 bits per heavy atom. The van der Waals surface area contributed by atoms with Crippen molar-refractivity contribution in [3.05, 3.63) is 23.8 Å². The molecule has 0 aliphatic rings. The van der Waals surface area contributed by atoms with Gasteiger partial charge in [-0.05, 0) is 19.1 Å². The average Bonchev–Trinajstić information content (AvgIpc) is 2.17. The zero-order chi connectivity index (χ0) is 12.2. The Hall–Kier alpha value is -1.43. The van der Waals surface area contributed by atoms with E-state index in [-0.39, 0.29) is 12.4 Å². The largest absolute Gasteiger partial charge is 0.522 e. The molecule has 0 aromatic heterocycles. The minimum atomic E-state index is -4.64. The predicted octanol–water partition coefficient (Wildman–Crippen LogP) is 2.62. The van der Waals surface area contributed by atoms with Gasteiger partial charge in [0.25, 0.3) is 0 Å². The fourth-order valence-corrected chi connectivity index (χ4v) is 1.07. The fraction of sp³-hybridized carbons (Fsp3) is 0.400. The molecule has 6 heteroatoms. The van der Waals surface area contributed by atoms with Crippen molar-refractivity contribution in [2.75, 3.05) is 13.2 Å². The van der Waals surface area contributed by atoms with Crippen molar-refractivity contribution in [2.24, 2.45) is 0 Å². The maximum atomic E-state index is 11.6. The van der Waals surface area contributed by atoms with Gasteiger partial charge in [0.2, 0.25) is 0 Å². The third kappa shape index (κ3) is 3.98. The molecule has 0 fully saturated rings.